The molecule has 0 radical (unpaired) electrons. The van der Waals surface area contributed by atoms with Gasteiger partial charge in [-0.15, -0.1) is 10.2 Å². The van der Waals surface area contributed by atoms with Crippen molar-refractivity contribution in [2.75, 3.05) is 6.61 Å². The van der Waals surface area contributed by atoms with E-state index in [1.54, 1.807) is 0 Å². The number of hydrogen-bond donors (Lipinski definition) is 0. The molecule has 6 nitrogen and oxygen atoms in total. The summed E-state index contributed by atoms with van der Waals surface area (Å²) in [7, 11) is 0. The number of rotatable bonds is 12. The van der Waals surface area contributed by atoms with Crippen molar-refractivity contribution >= 4 is 5.97 Å². The molecule has 2 aliphatic carbocycles. The number of aromatic nitrogens is 3. The minimum Gasteiger partial charge on any atom is -0.460 e. The van der Waals surface area contributed by atoms with Crippen molar-refractivity contribution in [3.63, 3.8) is 0 Å². The second kappa shape index (κ2) is 11.5. The van der Waals surface area contributed by atoms with Gasteiger partial charge in [-0.3, -0.25) is 4.79 Å². The number of esters is 1. The predicted octanol–water partition coefficient (Wildman–Crippen LogP) is 6.82. The zero-order chi connectivity index (χ0) is 25.9. The highest BCUT2D eigenvalue weighted by atomic mass is 16.6. The van der Waals surface area contributed by atoms with Gasteiger partial charge in [-0.1, -0.05) is 51.1 Å². The highest BCUT2D eigenvalue weighted by Crippen LogP contribution is 2.48. The smallest absolute Gasteiger partial charge is 0.309 e. The van der Waals surface area contributed by atoms with Crippen LogP contribution in [0.4, 0.5) is 0 Å². The molecule has 1 heterocycles. The normalized spacial score (nSPS) is 21.8. The first-order chi connectivity index (χ1) is 17.1. The van der Waals surface area contributed by atoms with Gasteiger partial charge in [-0.25, -0.2) is 0 Å². The summed E-state index contributed by atoms with van der Waals surface area (Å²) < 4.78 is 14.2. The maximum atomic E-state index is 13.2. The number of benzene rings is 1. The third-order valence-corrected chi connectivity index (χ3v) is 7.46. The molecule has 2 unspecified atom stereocenters. The molecule has 2 fully saturated rings. The molecule has 1 aromatic heterocycles. The van der Waals surface area contributed by atoms with E-state index >= 15 is 0 Å². The number of hydrogen-bond acceptors (Lipinski definition) is 5. The van der Waals surface area contributed by atoms with Crippen LogP contribution in [0.25, 0.3) is 0 Å². The SMILES string of the molecule is CC(C)C[C@H]1C[C@@H](c2nnc(C(CCOCc3ccccc3)C(C)C(=O)OC(C)(C)C)n2C2CC2)C1. The van der Waals surface area contributed by atoms with Gasteiger partial charge in [0.1, 0.15) is 17.2 Å². The summed E-state index contributed by atoms with van der Waals surface area (Å²) in [5, 5.41) is 9.50. The Hall–Kier alpha value is -2.21. The van der Waals surface area contributed by atoms with E-state index in [1.807, 2.05) is 45.9 Å². The van der Waals surface area contributed by atoms with E-state index in [1.165, 1.54) is 19.3 Å². The Morgan fingerprint density at radius 3 is 2.39 bits per heavy atom. The van der Waals surface area contributed by atoms with E-state index in [9.17, 15) is 4.79 Å². The van der Waals surface area contributed by atoms with Crippen LogP contribution in [0.5, 0.6) is 0 Å². The van der Waals surface area contributed by atoms with E-state index < -0.39 is 5.60 Å². The van der Waals surface area contributed by atoms with Gasteiger partial charge in [0, 0.05) is 24.5 Å². The highest BCUT2D eigenvalue weighted by Gasteiger charge is 2.41. The molecular weight excluding hydrogens is 450 g/mol. The van der Waals surface area contributed by atoms with E-state index in [-0.39, 0.29) is 17.8 Å². The summed E-state index contributed by atoms with van der Waals surface area (Å²) >= 11 is 0. The van der Waals surface area contributed by atoms with Gasteiger partial charge < -0.3 is 14.0 Å². The number of carbonyl (C=O) groups is 1. The fourth-order valence-corrected chi connectivity index (χ4v) is 5.50. The lowest BCUT2D eigenvalue weighted by atomic mass is 9.71. The lowest BCUT2D eigenvalue weighted by Crippen LogP contribution is -2.32. The average molecular weight is 496 g/mol. The van der Waals surface area contributed by atoms with Crippen molar-refractivity contribution in [1.29, 1.82) is 0 Å². The summed E-state index contributed by atoms with van der Waals surface area (Å²) in [6, 6.07) is 10.7. The van der Waals surface area contributed by atoms with Crippen molar-refractivity contribution in [2.45, 2.75) is 110 Å². The van der Waals surface area contributed by atoms with Crippen LogP contribution in [0.1, 0.15) is 115 Å². The molecule has 36 heavy (non-hydrogen) atoms. The van der Waals surface area contributed by atoms with Crippen LogP contribution in [-0.2, 0) is 20.9 Å². The van der Waals surface area contributed by atoms with Crippen LogP contribution in [0.3, 0.4) is 0 Å². The van der Waals surface area contributed by atoms with Gasteiger partial charge in [0.15, 0.2) is 0 Å². The Bertz CT molecular complexity index is 985. The number of nitrogens with zero attached hydrogens (tertiary/aromatic N) is 3. The molecule has 2 saturated carbocycles. The fraction of sp³-hybridized carbons (Fsp3) is 0.700. The highest BCUT2D eigenvalue weighted by molar-refractivity contribution is 5.73. The fourth-order valence-electron chi connectivity index (χ4n) is 5.50. The summed E-state index contributed by atoms with van der Waals surface area (Å²) in [6.45, 7) is 13.5. The second-order valence-corrected chi connectivity index (χ2v) is 12.4. The van der Waals surface area contributed by atoms with Crippen molar-refractivity contribution in [1.82, 2.24) is 14.8 Å². The molecule has 2 aliphatic rings. The third kappa shape index (κ3) is 6.96. The van der Waals surface area contributed by atoms with Crippen LogP contribution in [-0.4, -0.2) is 32.9 Å². The second-order valence-electron chi connectivity index (χ2n) is 12.4. The van der Waals surface area contributed by atoms with Crippen LogP contribution in [0.2, 0.25) is 0 Å². The van der Waals surface area contributed by atoms with Crippen molar-refractivity contribution < 1.29 is 14.3 Å². The molecule has 0 spiro atoms. The number of ether oxygens (including phenoxy) is 2. The maximum absolute atomic E-state index is 13.2. The van der Waals surface area contributed by atoms with Gasteiger partial charge in [0.25, 0.3) is 0 Å². The Morgan fingerprint density at radius 2 is 1.78 bits per heavy atom. The Morgan fingerprint density at radius 1 is 1.08 bits per heavy atom. The minimum absolute atomic E-state index is 0.0935. The molecule has 0 amide bonds. The van der Waals surface area contributed by atoms with Crippen molar-refractivity contribution in [3.05, 3.63) is 47.5 Å². The lowest BCUT2D eigenvalue weighted by Gasteiger charge is -2.36. The first-order valence-corrected chi connectivity index (χ1v) is 13.9. The minimum atomic E-state index is -0.521. The first kappa shape index (κ1) is 26.8. The molecule has 6 heteroatoms. The van der Waals surface area contributed by atoms with Crippen LogP contribution >= 0.6 is 0 Å². The molecule has 0 saturated heterocycles. The van der Waals surface area contributed by atoms with Crippen LogP contribution < -0.4 is 0 Å². The molecule has 0 bridgehead atoms. The number of carbonyl (C=O) groups excluding carboxylic acids is 1. The molecule has 0 aliphatic heterocycles. The van der Waals surface area contributed by atoms with Crippen molar-refractivity contribution in [3.8, 4) is 0 Å². The van der Waals surface area contributed by atoms with Gasteiger partial charge in [0.2, 0.25) is 0 Å². The molecule has 4 rings (SSSR count). The van der Waals surface area contributed by atoms with Gasteiger partial charge >= 0.3 is 5.97 Å². The zero-order valence-electron chi connectivity index (χ0n) is 23.1. The molecule has 2 atom stereocenters. The summed E-state index contributed by atoms with van der Waals surface area (Å²) in [5.41, 5.74) is 0.630. The van der Waals surface area contributed by atoms with Gasteiger partial charge in [-0.05, 0) is 76.7 Å². The standard InChI is InChI=1S/C30H45N3O3/c1-20(2)16-23-17-24(18-23)27-31-32-28(33(27)25-12-13-25)26(21(3)29(34)36-30(4,5)6)14-15-35-19-22-10-8-7-9-11-22/h7-11,20-21,23-26H,12-19H2,1-6H3/t21?,23-,24+,26?. The Balaban J connectivity index is 1.51. The molecular formula is C30H45N3O3. The zero-order valence-corrected chi connectivity index (χ0v) is 23.1. The molecule has 0 N–H and O–H groups in total. The lowest BCUT2D eigenvalue weighted by molar-refractivity contribution is -0.160. The Labute approximate surface area is 217 Å². The quantitative estimate of drug-likeness (QED) is 0.239. The van der Waals surface area contributed by atoms with E-state index in [4.69, 9.17) is 19.7 Å². The van der Waals surface area contributed by atoms with E-state index in [0.717, 1.165) is 41.9 Å². The molecule has 1 aromatic carbocycles. The van der Waals surface area contributed by atoms with Gasteiger partial charge in [0.05, 0.1) is 12.5 Å². The summed E-state index contributed by atoms with van der Waals surface area (Å²) in [6.07, 6.45) is 6.73. The largest absolute Gasteiger partial charge is 0.460 e. The van der Waals surface area contributed by atoms with Gasteiger partial charge in [-0.2, -0.15) is 0 Å². The topological polar surface area (TPSA) is 66.2 Å². The van der Waals surface area contributed by atoms with Crippen LogP contribution in [0.15, 0.2) is 30.3 Å². The van der Waals surface area contributed by atoms with E-state index in [2.05, 4.69) is 30.5 Å². The maximum Gasteiger partial charge on any atom is 0.309 e. The van der Waals surface area contributed by atoms with Crippen molar-refractivity contribution in [2.24, 2.45) is 17.8 Å². The predicted molar refractivity (Wildman–Crippen MR) is 142 cm³/mol. The molecule has 198 valence electrons. The summed E-state index contributed by atoms with van der Waals surface area (Å²) in [5.74, 6) is 3.51. The third-order valence-electron chi connectivity index (χ3n) is 7.46. The monoisotopic (exact) mass is 495 g/mol. The van der Waals surface area contributed by atoms with Crippen LogP contribution in [0, 0.1) is 17.8 Å². The summed E-state index contributed by atoms with van der Waals surface area (Å²) in [4.78, 5) is 13.2. The molecule has 2 aromatic rings. The first-order valence-electron chi connectivity index (χ1n) is 13.9. The Kier molecular flexibility index (Phi) is 8.54. The average Bonchev–Trinajstić information content (AvgIpc) is 3.54. The van der Waals surface area contributed by atoms with E-state index in [0.29, 0.717) is 31.6 Å².